The lowest BCUT2D eigenvalue weighted by molar-refractivity contribution is -0.213. The van der Waals surface area contributed by atoms with E-state index in [0.29, 0.717) is 29.6 Å². The molecule has 31 heavy (non-hydrogen) atoms. The van der Waals surface area contributed by atoms with Crippen LogP contribution in [-0.2, 0) is 4.79 Å². The van der Waals surface area contributed by atoms with E-state index in [2.05, 4.69) is 41.5 Å². The Morgan fingerprint density at radius 1 is 0.968 bits per heavy atom. The maximum absolute atomic E-state index is 13.3. The lowest BCUT2D eigenvalue weighted by Crippen LogP contribution is -2.67. The second-order valence-corrected chi connectivity index (χ2v) is 13.2. The zero-order valence-corrected chi connectivity index (χ0v) is 21.0. The topological polar surface area (TPSA) is 57.5 Å². The number of carbonyl (C=O) groups excluding carboxylic acids is 1. The molecule has 6 unspecified atom stereocenters. The first-order chi connectivity index (χ1) is 14.4. The van der Waals surface area contributed by atoms with E-state index in [0.717, 1.165) is 42.9 Å². The molecule has 0 radical (unpaired) electrons. The van der Waals surface area contributed by atoms with Crippen molar-refractivity contribution in [2.24, 2.45) is 52.3 Å². The number of Topliss-reactive ketones (excluding diaryl/α,β-unsaturated/α-hetero) is 1. The molecule has 0 saturated heterocycles. The van der Waals surface area contributed by atoms with Crippen molar-refractivity contribution in [1.29, 1.82) is 0 Å². The maximum Gasteiger partial charge on any atom is 0.165 e. The average molecular weight is 433 g/mol. The summed E-state index contributed by atoms with van der Waals surface area (Å²) >= 11 is 0. The van der Waals surface area contributed by atoms with E-state index in [1.165, 1.54) is 32.1 Å². The fourth-order valence-corrected chi connectivity index (χ4v) is 9.06. The summed E-state index contributed by atoms with van der Waals surface area (Å²) in [4.78, 5) is 13.3. The molecular formula is C28H48O3. The van der Waals surface area contributed by atoms with Crippen molar-refractivity contribution >= 4 is 5.78 Å². The quantitative estimate of drug-likeness (QED) is 0.559. The van der Waals surface area contributed by atoms with Gasteiger partial charge >= 0.3 is 0 Å². The molecule has 3 nitrogen and oxygen atoms in total. The first kappa shape index (κ1) is 23.7. The number of ketones is 1. The van der Waals surface area contributed by atoms with Crippen molar-refractivity contribution in [1.82, 2.24) is 0 Å². The molecule has 0 aliphatic heterocycles. The van der Waals surface area contributed by atoms with Crippen LogP contribution in [0, 0.1) is 52.3 Å². The van der Waals surface area contributed by atoms with Crippen molar-refractivity contribution in [3.63, 3.8) is 0 Å². The standard InChI is InChI=1S/C28H48O3/c1-17(2)18(3)7-8-19(4)22-9-10-23-21-15-25(30)28(31)16-20(29)11-14-27(28,6)24(21)12-13-26(22,23)5/h17-24,29,31H,7-16H2,1-6H3/t18-,19+,20-,21?,22?,23?,24?,26?,27?,28-/m0/s1. The Morgan fingerprint density at radius 3 is 2.35 bits per heavy atom. The van der Waals surface area contributed by atoms with Crippen LogP contribution in [0.4, 0.5) is 0 Å². The Labute approximate surface area is 190 Å². The summed E-state index contributed by atoms with van der Waals surface area (Å²) < 4.78 is 0. The Bertz CT molecular complexity index is 688. The lowest BCUT2D eigenvalue weighted by atomic mass is 9.42. The molecule has 0 amide bonds. The van der Waals surface area contributed by atoms with Gasteiger partial charge in [-0.15, -0.1) is 0 Å². The van der Waals surface area contributed by atoms with Gasteiger partial charge in [0.2, 0.25) is 0 Å². The minimum Gasteiger partial charge on any atom is -0.393 e. The van der Waals surface area contributed by atoms with E-state index in [-0.39, 0.29) is 17.6 Å². The molecule has 2 N–H and O–H groups in total. The Balaban J connectivity index is 1.53. The molecule has 3 heteroatoms. The van der Waals surface area contributed by atoms with Crippen molar-refractivity contribution in [3.8, 4) is 0 Å². The molecule has 178 valence electrons. The number of aliphatic hydroxyl groups excluding tert-OH is 1. The molecule has 4 rings (SSSR count). The van der Waals surface area contributed by atoms with Crippen LogP contribution in [0.15, 0.2) is 0 Å². The highest BCUT2D eigenvalue weighted by atomic mass is 16.3. The minimum atomic E-state index is -1.31. The van der Waals surface area contributed by atoms with Crippen LogP contribution < -0.4 is 0 Å². The van der Waals surface area contributed by atoms with E-state index in [1.54, 1.807) is 0 Å². The van der Waals surface area contributed by atoms with Crippen LogP contribution in [0.2, 0.25) is 0 Å². The van der Waals surface area contributed by atoms with Crippen LogP contribution in [0.1, 0.15) is 106 Å². The first-order valence-electron chi connectivity index (χ1n) is 13.4. The Morgan fingerprint density at radius 2 is 1.68 bits per heavy atom. The molecule has 4 fully saturated rings. The van der Waals surface area contributed by atoms with Gasteiger partial charge in [-0.25, -0.2) is 0 Å². The minimum absolute atomic E-state index is 0.0292. The van der Waals surface area contributed by atoms with Gasteiger partial charge in [-0.05, 0) is 85.4 Å². The number of rotatable bonds is 5. The number of carbonyl (C=O) groups is 1. The number of hydrogen-bond acceptors (Lipinski definition) is 3. The highest BCUT2D eigenvalue weighted by molar-refractivity contribution is 5.89. The molecular weight excluding hydrogens is 384 g/mol. The lowest BCUT2D eigenvalue weighted by Gasteiger charge is -2.63. The van der Waals surface area contributed by atoms with Crippen LogP contribution in [-0.4, -0.2) is 27.7 Å². The Kier molecular flexibility index (Phi) is 6.21. The molecule has 0 spiro atoms. The second kappa shape index (κ2) is 8.12. The predicted octanol–water partition coefficient (Wildman–Crippen LogP) is 6.01. The number of aliphatic hydroxyl groups is 2. The highest BCUT2D eigenvalue weighted by Gasteiger charge is 2.67. The SMILES string of the molecule is CC(C)[C@@H](C)CC[C@@H](C)C1CCC2C3CC(=O)[C@@]4(O)C[C@@H](O)CCC4(C)C3CCC21C. The fourth-order valence-electron chi connectivity index (χ4n) is 9.06. The van der Waals surface area contributed by atoms with E-state index < -0.39 is 11.7 Å². The molecule has 10 atom stereocenters. The third-order valence-corrected chi connectivity index (χ3v) is 11.6. The van der Waals surface area contributed by atoms with Gasteiger partial charge in [-0.1, -0.05) is 54.4 Å². The fraction of sp³-hybridized carbons (Fsp3) is 0.964. The van der Waals surface area contributed by atoms with Crippen molar-refractivity contribution in [3.05, 3.63) is 0 Å². The van der Waals surface area contributed by atoms with E-state index in [1.807, 2.05) is 0 Å². The molecule has 0 aromatic carbocycles. The first-order valence-corrected chi connectivity index (χ1v) is 13.4. The summed E-state index contributed by atoms with van der Waals surface area (Å²) in [5.74, 6) is 4.59. The average Bonchev–Trinajstić information content (AvgIpc) is 3.05. The van der Waals surface area contributed by atoms with Gasteiger partial charge in [0.25, 0.3) is 0 Å². The van der Waals surface area contributed by atoms with E-state index >= 15 is 0 Å². The van der Waals surface area contributed by atoms with Crippen molar-refractivity contribution < 1.29 is 15.0 Å². The summed E-state index contributed by atoms with van der Waals surface area (Å²) in [6.45, 7) is 14.3. The van der Waals surface area contributed by atoms with Crippen molar-refractivity contribution in [2.75, 3.05) is 0 Å². The maximum atomic E-state index is 13.3. The van der Waals surface area contributed by atoms with Gasteiger partial charge < -0.3 is 10.2 Å². The number of fused-ring (bicyclic) bond motifs is 5. The third kappa shape index (κ3) is 3.56. The third-order valence-electron chi connectivity index (χ3n) is 11.6. The van der Waals surface area contributed by atoms with Gasteiger partial charge in [0, 0.05) is 18.3 Å². The number of hydrogen-bond donors (Lipinski definition) is 2. The van der Waals surface area contributed by atoms with E-state index in [9.17, 15) is 15.0 Å². The normalized spacial score (nSPS) is 49.3. The summed E-state index contributed by atoms with van der Waals surface area (Å²) in [7, 11) is 0. The van der Waals surface area contributed by atoms with Crippen LogP contribution in [0.5, 0.6) is 0 Å². The molecule has 0 heterocycles. The second-order valence-electron chi connectivity index (χ2n) is 13.2. The molecule has 4 aliphatic carbocycles. The zero-order valence-electron chi connectivity index (χ0n) is 21.0. The largest absolute Gasteiger partial charge is 0.393 e. The van der Waals surface area contributed by atoms with Gasteiger partial charge in [0.1, 0.15) is 5.60 Å². The van der Waals surface area contributed by atoms with Gasteiger partial charge in [0.05, 0.1) is 6.10 Å². The van der Waals surface area contributed by atoms with Crippen molar-refractivity contribution in [2.45, 2.75) is 117 Å². The van der Waals surface area contributed by atoms with Crippen LogP contribution in [0.3, 0.4) is 0 Å². The van der Waals surface area contributed by atoms with E-state index in [4.69, 9.17) is 0 Å². The summed E-state index contributed by atoms with van der Waals surface area (Å²) in [6.07, 6.45) is 9.39. The summed E-state index contributed by atoms with van der Waals surface area (Å²) in [6, 6.07) is 0. The zero-order chi connectivity index (χ0) is 22.8. The predicted molar refractivity (Wildman–Crippen MR) is 125 cm³/mol. The summed E-state index contributed by atoms with van der Waals surface area (Å²) in [5, 5.41) is 21.8. The van der Waals surface area contributed by atoms with Gasteiger partial charge in [-0.3, -0.25) is 4.79 Å². The van der Waals surface area contributed by atoms with Crippen LogP contribution >= 0.6 is 0 Å². The molecule has 4 saturated carbocycles. The molecule has 0 bridgehead atoms. The monoisotopic (exact) mass is 432 g/mol. The highest BCUT2D eigenvalue weighted by Crippen LogP contribution is 2.68. The smallest absolute Gasteiger partial charge is 0.165 e. The molecule has 0 aromatic heterocycles. The van der Waals surface area contributed by atoms with Gasteiger partial charge in [0.15, 0.2) is 5.78 Å². The summed E-state index contributed by atoms with van der Waals surface area (Å²) in [5.41, 5.74) is -1.32. The van der Waals surface area contributed by atoms with Crippen LogP contribution in [0.25, 0.3) is 0 Å². The Hall–Kier alpha value is -0.410. The molecule has 0 aromatic rings. The van der Waals surface area contributed by atoms with Gasteiger partial charge in [-0.2, -0.15) is 0 Å². The molecule has 4 aliphatic rings.